The molecule has 2 rings (SSSR count). The monoisotopic (exact) mass is 356 g/mol. The molecule has 0 aliphatic heterocycles. The molecule has 0 bridgehead atoms. The van der Waals surface area contributed by atoms with E-state index in [0.717, 1.165) is 36.6 Å². The van der Waals surface area contributed by atoms with Gasteiger partial charge in [0.1, 0.15) is 0 Å². The molecule has 0 aliphatic carbocycles. The van der Waals surface area contributed by atoms with Crippen LogP contribution in [-0.2, 0) is 10.0 Å². The van der Waals surface area contributed by atoms with Gasteiger partial charge in [-0.1, -0.05) is 42.8 Å². The number of benzene rings is 2. The summed E-state index contributed by atoms with van der Waals surface area (Å²) < 4.78 is 27.6. The van der Waals surface area contributed by atoms with Gasteiger partial charge in [-0.05, 0) is 44.9 Å². The lowest BCUT2D eigenvalue weighted by molar-refractivity contribution is 0.391. The molecule has 23 heavy (non-hydrogen) atoms. The molecule has 4 nitrogen and oxygen atoms in total. The third-order valence-corrected chi connectivity index (χ3v) is 5.13. The van der Waals surface area contributed by atoms with Crippen molar-refractivity contribution in [2.24, 2.45) is 0 Å². The Morgan fingerprint density at radius 2 is 1.65 bits per heavy atom. The van der Waals surface area contributed by atoms with Crippen molar-refractivity contribution in [1.29, 1.82) is 0 Å². The predicted molar refractivity (Wildman–Crippen MR) is 98.8 cm³/mol. The number of hydrogen-bond acceptors (Lipinski definition) is 3. The van der Waals surface area contributed by atoms with Crippen LogP contribution in [-0.4, -0.2) is 40.5 Å². The van der Waals surface area contributed by atoms with Crippen molar-refractivity contribution in [3.8, 4) is 0 Å². The molecule has 0 saturated carbocycles. The first-order valence-corrected chi connectivity index (χ1v) is 9.11. The molecule has 2 aromatic carbocycles. The van der Waals surface area contributed by atoms with E-state index in [0.29, 0.717) is 11.4 Å². The molecular formula is C17H25ClN2O2S. The van der Waals surface area contributed by atoms with Gasteiger partial charge in [0.2, 0.25) is 10.0 Å². The van der Waals surface area contributed by atoms with Crippen LogP contribution in [0.3, 0.4) is 0 Å². The lowest BCUT2D eigenvalue weighted by atomic mass is 10.1. The first kappa shape index (κ1) is 19.9. The molecule has 0 amide bonds. The van der Waals surface area contributed by atoms with Crippen LogP contribution in [0.4, 0.5) is 0 Å². The second-order valence-corrected chi connectivity index (χ2v) is 7.47. The van der Waals surface area contributed by atoms with E-state index in [1.165, 1.54) is 0 Å². The molecule has 0 fully saturated rings. The average molecular weight is 357 g/mol. The number of nitrogens with zero attached hydrogens (tertiary/aromatic N) is 1. The van der Waals surface area contributed by atoms with Crippen LogP contribution >= 0.6 is 12.4 Å². The summed E-state index contributed by atoms with van der Waals surface area (Å²) in [6.07, 6.45) is 2.97. The number of hydrogen-bond donors (Lipinski definition) is 1. The van der Waals surface area contributed by atoms with Crippen LogP contribution in [0.1, 0.15) is 19.3 Å². The van der Waals surface area contributed by atoms with Crippen molar-refractivity contribution in [1.82, 2.24) is 9.62 Å². The fourth-order valence-electron chi connectivity index (χ4n) is 2.44. The molecule has 0 spiro atoms. The molecule has 0 radical (unpaired) electrons. The summed E-state index contributed by atoms with van der Waals surface area (Å²) >= 11 is 0. The van der Waals surface area contributed by atoms with Crippen LogP contribution in [0, 0.1) is 0 Å². The van der Waals surface area contributed by atoms with E-state index in [1.807, 2.05) is 44.4 Å². The third-order valence-electron chi connectivity index (χ3n) is 3.61. The topological polar surface area (TPSA) is 49.4 Å². The summed E-state index contributed by atoms with van der Waals surface area (Å²) in [7, 11) is 0.639. The van der Waals surface area contributed by atoms with Gasteiger partial charge in [0.05, 0.1) is 4.90 Å². The Morgan fingerprint density at radius 1 is 0.957 bits per heavy atom. The van der Waals surface area contributed by atoms with Gasteiger partial charge in [0, 0.05) is 11.9 Å². The van der Waals surface area contributed by atoms with Crippen LogP contribution in [0.2, 0.25) is 0 Å². The lowest BCUT2D eigenvalue weighted by Gasteiger charge is -2.11. The molecule has 6 heteroatoms. The lowest BCUT2D eigenvalue weighted by Crippen LogP contribution is -2.25. The van der Waals surface area contributed by atoms with Gasteiger partial charge in [-0.3, -0.25) is 0 Å². The maximum atomic E-state index is 12.5. The number of fused-ring (bicyclic) bond motifs is 1. The van der Waals surface area contributed by atoms with Gasteiger partial charge in [0.15, 0.2) is 0 Å². The van der Waals surface area contributed by atoms with Gasteiger partial charge < -0.3 is 4.90 Å². The van der Waals surface area contributed by atoms with Crippen LogP contribution in [0.25, 0.3) is 10.8 Å². The van der Waals surface area contributed by atoms with E-state index in [-0.39, 0.29) is 12.4 Å². The molecule has 0 saturated heterocycles. The van der Waals surface area contributed by atoms with Crippen molar-refractivity contribution < 1.29 is 8.42 Å². The van der Waals surface area contributed by atoms with Crippen molar-refractivity contribution in [2.75, 3.05) is 27.2 Å². The normalized spacial score (nSPS) is 11.6. The summed E-state index contributed by atoms with van der Waals surface area (Å²) in [4.78, 5) is 2.50. The van der Waals surface area contributed by atoms with Crippen LogP contribution in [0.15, 0.2) is 47.4 Å². The van der Waals surface area contributed by atoms with E-state index in [9.17, 15) is 8.42 Å². The van der Waals surface area contributed by atoms with E-state index < -0.39 is 10.0 Å². The third kappa shape index (κ3) is 5.77. The number of halogens is 1. The van der Waals surface area contributed by atoms with Crippen molar-refractivity contribution in [3.63, 3.8) is 0 Å². The number of unbranched alkanes of at least 4 members (excludes halogenated alkanes) is 2. The minimum atomic E-state index is -3.45. The van der Waals surface area contributed by atoms with Gasteiger partial charge >= 0.3 is 0 Å². The first-order chi connectivity index (χ1) is 10.5. The summed E-state index contributed by atoms with van der Waals surface area (Å²) in [6, 6.07) is 12.9. The Kier molecular flexibility index (Phi) is 7.99. The molecule has 0 heterocycles. The SMILES string of the molecule is CN(C)CCCCCNS(=O)(=O)c1cccc2ccccc12.Cl. The summed E-state index contributed by atoms with van der Waals surface area (Å²) in [5, 5.41) is 1.71. The molecule has 0 aliphatic rings. The summed E-state index contributed by atoms with van der Waals surface area (Å²) in [6.45, 7) is 1.52. The number of rotatable bonds is 8. The fourth-order valence-corrected chi connectivity index (χ4v) is 3.75. The fraction of sp³-hybridized carbons (Fsp3) is 0.412. The van der Waals surface area contributed by atoms with Gasteiger partial charge in [0.25, 0.3) is 0 Å². The summed E-state index contributed by atoms with van der Waals surface area (Å²) in [5.41, 5.74) is 0. The minimum Gasteiger partial charge on any atom is -0.309 e. The van der Waals surface area contributed by atoms with E-state index in [4.69, 9.17) is 0 Å². The molecule has 0 aromatic heterocycles. The first-order valence-electron chi connectivity index (χ1n) is 7.63. The zero-order valence-corrected chi connectivity index (χ0v) is 15.3. The zero-order chi connectivity index (χ0) is 16.0. The highest BCUT2D eigenvalue weighted by atomic mass is 35.5. The molecule has 1 N–H and O–H groups in total. The highest BCUT2D eigenvalue weighted by molar-refractivity contribution is 7.89. The molecular weight excluding hydrogens is 332 g/mol. The van der Waals surface area contributed by atoms with Crippen LogP contribution in [0.5, 0.6) is 0 Å². The Labute approximate surface area is 145 Å². The van der Waals surface area contributed by atoms with Gasteiger partial charge in [-0.15, -0.1) is 12.4 Å². The highest BCUT2D eigenvalue weighted by Gasteiger charge is 2.16. The van der Waals surface area contributed by atoms with E-state index in [2.05, 4.69) is 9.62 Å². The minimum absolute atomic E-state index is 0. The molecule has 0 unspecified atom stereocenters. The van der Waals surface area contributed by atoms with Crippen molar-refractivity contribution in [2.45, 2.75) is 24.2 Å². The maximum Gasteiger partial charge on any atom is 0.241 e. The zero-order valence-electron chi connectivity index (χ0n) is 13.7. The number of nitrogens with one attached hydrogen (secondary N) is 1. The molecule has 2 aromatic rings. The van der Waals surface area contributed by atoms with Crippen molar-refractivity contribution >= 4 is 33.2 Å². The summed E-state index contributed by atoms with van der Waals surface area (Å²) in [5.74, 6) is 0. The van der Waals surface area contributed by atoms with E-state index >= 15 is 0 Å². The Bertz CT molecular complexity index is 712. The largest absolute Gasteiger partial charge is 0.309 e. The standard InChI is InChI=1S/C17H24N2O2S.ClH/c1-19(2)14-7-3-6-13-18-22(20,21)17-12-8-10-15-9-4-5-11-16(15)17;/h4-5,8-12,18H,3,6-7,13-14H2,1-2H3;1H. The Balaban J connectivity index is 0.00000264. The highest BCUT2D eigenvalue weighted by Crippen LogP contribution is 2.22. The second-order valence-electron chi connectivity index (χ2n) is 5.74. The van der Waals surface area contributed by atoms with Gasteiger partial charge in [-0.25, -0.2) is 13.1 Å². The van der Waals surface area contributed by atoms with Gasteiger partial charge in [-0.2, -0.15) is 0 Å². The molecule has 128 valence electrons. The Hall–Kier alpha value is -1.14. The number of sulfonamides is 1. The molecule has 0 atom stereocenters. The predicted octanol–water partition coefficient (Wildman–Crippen LogP) is 3.27. The van der Waals surface area contributed by atoms with Crippen molar-refractivity contribution in [3.05, 3.63) is 42.5 Å². The average Bonchev–Trinajstić information content (AvgIpc) is 2.50. The quantitative estimate of drug-likeness (QED) is 0.738. The van der Waals surface area contributed by atoms with Crippen LogP contribution < -0.4 is 4.72 Å². The smallest absolute Gasteiger partial charge is 0.241 e. The Morgan fingerprint density at radius 3 is 2.39 bits per heavy atom. The van der Waals surface area contributed by atoms with E-state index in [1.54, 1.807) is 12.1 Å². The second kappa shape index (κ2) is 9.23. The maximum absolute atomic E-state index is 12.5.